The van der Waals surface area contributed by atoms with Gasteiger partial charge in [-0.15, -0.1) is 0 Å². The lowest BCUT2D eigenvalue weighted by molar-refractivity contribution is -0.120. The van der Waals surface area contributed by atoms with Gasteiger partial charge in [0.05, 0.1) is 17.9 Å². The largest absolute Gasteiger partial charge is 0.493 e. The molecule has 32 heavy (non-hydrogen) atoms. The zero-order chi connectivity index (χ0) is 22.8. The third-order valence-electron chi connectivity index (χ3n) is 6.21. The van der Waals surface area contributed by atoms with Gasteiger partial charge in [0.15, 0.2) is 0 Å². The third kappa shape index (κ3) is 4.29. The minimum atomic E-state index is -0.255. The highest BCUT2D eigenvalue weighted by Crippen LogP contribution is 2.36. The molecule has 1 saturated heterocycles. The first-order valence-corrected chi connectivity index (χ1v) is 11.6. The Balaban J connectivity index is 1.71. The summed E-state index contributed by atoms with van der Waals surface area (Å²) in [5.41, 5.74) is 4.72. The molecule has 0 aromatic heterocycles. The Morgan fingerprint density at radius 2 is 1.56 bits per heavy atom. The standard InChI is InChI=1S/C27H32N2O3/c1-18(2)17-32-23-12-10-22(11-13-23)29-26(30)24(21-9-8-19(3)20(4)16-21)25(27(29)31)28-14-6-5-7-15-28/h8-13,16,18H,5-7,14-15,17H2,1-4H3. The van der Waals surface area contributed by atoms with Crippen molar-refractivity contribution in [2.24, 2.45) is 5.92 Å². The first-order valence-electron chi connectivity index (χ1n) is 11.6. The lowest BCUT2D eigenvalue weighted by Crippen LogP contribution is -2.37. The third-order valence-corrected chi connectivity index (χ3v) is 6.21. The van der Waals surface area contributed by atoms with Gasteiger partial charge in [0.25, 0.3) is 11.8 Å². The van der Waals surface area contributed by atoms with Crippen LogP contribution in [0.3, 0.4) is 0 Å². The van der Waals surface area contributed by atoms with Crippen LogP contribution in [0.4, 0.5) is 5.69 Å². The molecule has 2 heterocycles. The predicted molar refractivity (Wildman–Crippen MR) is 128 cm³/mol. The molecule has 2 aliphatic rings. The molecule has 0 atom stereocenters. The van der Waals surface area contributed by atoms with Crippen LogP contribution in [-0.2, 0) is 9.59 Å². The van der Waals surface area contributed by atoms with Gasteiger partial charge in [-0.3, -0.25) is 9.59 Å². The average molecular weight is 433 g/mol. The number of piperidine rings is 1. The molecule has 2 aliphatic heterocycles. The number of anilines is 1. The second kappa shape index (κ2) is 9.19. The number of amides is 2. The maximum atomic E-state index is 13.7. The monoisotopic (exact) mass is 432 g/mol. The van der Waals surface area contributed by atoms with Crippen LogP contribution in [0.15, 0.2) is 48.2 Å². The molecule has 2 amide bonds. The van der Waals surface area contributed by atoms with Crippen molar-refractivity contribution in [1.82, 2.24) is 4.90 Å². The van der Waals surface area contributed by atoms with E-state index >= 15 is 0 Å². The van der Waals surface area contributed by atoms with Crippen LogP contribution in [0.5, 0.6) is 5.75 Å². The predicted octanol–water partition coefficient (Wildman–Crippen LogP) is 5.11. The summed E-state index contributed by atoms with van der Waals surface area (Å²) in [5.74, 6) is 0.670. The Kier molecular flexibility index (Phi) is 6.35. The molecule has 1 fully saturated rings. The summed E-state index contributed by atoms with van der Waals surface area (Å²) in [6.07, 6.45) is 3.23. The van der Waals surface area contributed by atoms with Gasteiger partial charge in [-0.05, 0) is 80.0 Å². The fraction of sp³-hybridized carbons (Fsp3) is 0.407. The van der Waals surface area contributed by atoms with Crippen molar-refractivity contribution in [2.75, 3.05) is 24.6 Å². The molecule has 4 rings (SSSR count). The van der Waals surface area contributed by atoms with Crippen molar-refractivity contribution < 1.29 is 14.3 Å². The van der Waals surface area contributed by atoms with Crippen LogP contribution in [0.2, 0.25) is 0 Å². The Hall–Kier alpha value is -3.08. The smallest absolute Gasteiger partial charge is 0.282 e. The summed E-state index contributed by atoms with van der Waals surface area (Å²) in [7, 11) is 0. The summed E-state index contributed by atoms with van der Waals surface area (Å²) >= 11 is 0. The van der Waals surface area contributed by atoms with Gasteiger partial charge in [0.1, 0.15) is 11.4 Å². The van der Waals surface area contributed by atoms with E-state index in [4.69, 9.17) is 4.74 Å². The highest BCUT2D eigenvalue weighted by molar-refractivity contribution is 6.45. The number of carbonyl (C=O) groups excluding carboxylic acids is 2. The number of rotatable bonds is 6. The molecule has 168 valence electrons. The van der Waals surface area contributed by atoms with Crippen LogP contribution in [0.25, 0.3) is 5.57 Å². The van der Waals surface area contributed by atoms with Gasteiger partial charge < -0.3 is 9.64 Å². The molecule has 0 unspecified atom stereocenters. The quantitative estimate of drug-likeness (QED) is 0.596. The highest BCUT2D eigenvalue weighted by Gasteiger charge is 2.42. The van der Waals surface area contributed by atoms with Crippen molar-refractivity contribution >= 4 is 23.1 Å². The summed E-state index contributed by atoms with van der Waals surface area (Å²) in [4.78, 5) is 30.7. The van der Waals surface area contributed by atoms with E-state index in [0.29, 0.717) is 29.5 Å². The van der Waals surface area contributed by atoms with E-state index in [1.165, 1.54) is 10.5 Å². The van der Waals surface area contributed by atoms with E-state index in [-0.39, 0.29) is 11.8 Å². The number of benzene rings is 2. The molecule has 0 bridgehead atoms. The fourth-order valence-electron chi connectivity index (χ4n) is 4.27. The van der Waals surface area contributed by atoms with Crippen molar-refractivity contribution in [3.05, 3.63) is 64.9 Å². The number of likely N-dealkylation sites (tertiary alicyclic amines) is 1. The summed E-state index contributed by atoms with van der Waals surface area (Å²) in [6, 6.07) is 13.2. The van der Waals surface area contributed by atoms with Gasteiger partial charge in [0, 0.05) is 13.1 Å². The maximum Gasteiger partial charge on any atom is 0.282 e. The second-order valence-corrected chi connectivity index (χ2v) is 9.21. The number of imide groups is 1. The Morgan fingerprint density at radius 1 is 0.875 bits per heavy atom. The van der Waals surface area contributed by atoms with Gasteiger partial charge in [-0.2, -0.15) is 0 Å². The number of hydrogen-bond donors (Lipinski definition) is 0. The minimum absolute atomic E-state index is 0.235. The van der Waals surface area contributed by atoms with Crippen molar-refractivity contribution in [1.29, 1.82) is 0 Å². The van der Waals surface area contributed by atoms with E-state index in [9.17, 15) is 9.59 Å². The lowest BCUT2D eigenvalue weighted by atomic mass is 9.98. The fourth-order valence-corrected chi connectivity index (χ4v) is 4.27. The van der Waals surface area contributed by atoms with Crippen LogP contribution >= 0.6 is 0 Å². The number of hydrogen-bond acceptors (Lipinski definition) is 4. The molecule has 5 heteroatoms. The molecule has 0 aliphatic carbocycles. The maximum absolute atomic E-state index is 13.7. The highest BCUT2D eigenvalue weighted by atomic mass is 16.5. The lowest BCUT2D eigenvalue weighted by Gasteiger charge is -2.29. The Morgan fingerprint density at radius 3 is 2.19 bits per heavy atom. The molecular weight excluding hydrogens is 400 g/mol. The zero-order valence-electron chi connectivity index (χ0n) is 19.5. The first-order chi connectivity index (χ1) is 15.4. The normalized spacial score (nSPS) is 17.0. The van der Waals surface area contributed by atoms with E-state index in [1.807, 2.05) is 37.3 Å². The molecule has 2 aromatic rings. The molecule has 0 spiro atoms. The van der Waals surface area contributed by atoms with Gasteiger partial charge in [-0.25, -0.2) is 4.90 Å². The summed E-state index contributed by atoms with van der Waals surface area (Å²) < 4.78 is 5.76. The first kappa shape index (κ1) is 22.1. The average Bonchev–Trinajstić information content (AvgIpc) is 3.05. The van der Waals surface area contributed by atoms with Gasteiger partial charge in [0.2, 0.25) is 0 Å². The molecule has 0 radical (unpaired) electrons. The number of nitrogens with zero attached hydrogens (tertiary/aromatic N) is 2. The molecule has 0 saturated carbocycles. The van der Waals surface area contributed by atoms with E-state index in [1.54, 1.807) is 12.1 Å². The number of carbonyl (C=O) groups is 2. The summed E-state index contributed by atoms with van der Waals surface area (Å²) in [6.45, 7) is 10.5. The van der Waals surface area contributed by atoms with Crippen LogP contribution in [0.1, 0.15) is 49.8 Å². The minimum Gasteiger partial charge on any atom is -0.493 e. The van der Waals surface area contributed by atoms with E-state index in [2.05, 4.69) is 25.7 Å². The number of ether oxygens (including phenoxy) is 1. The molecule has 0 N–H and O–H groups in total. The van der Waals surface area contributed by atoms with Crippen LogP contribution in [-0.4, -0.2) is 36.4 Å². The van der Waals surface area contributed by atoms with Gasteiger partial charge >= 0.3 is 0 Å². The molecule has 2 aromatic carbocycles. The van der Waals surface area contributed by atoms with Crippen molar-refractivity contribution in [3.63, 3.8) is 0 Å². The SMILES string of the molecule is Cc1ccc(C2=C(N3CCCCC3)C(=O)N(c3ccc(OCC(C)C)cc3)C2=O)cc1C. The van der Waals surface area contributed by atoms with Gasteiger partial charge in [-0.1, -0.05) is 32.0 Å². The van der Waals surface area contributed by atoms with Crippen molar-refractivity contribution in [3.8, 4) is 5.75 Å². The van der Waals surface area contributed by atoms with Crippen LogP contribution in [0, 0.1) is 19.8 Å². The molecular formula is C27H32N2O3. The molecule has 5 nitrogen and oxygen atoms in total. The van der Waals surface area contributed by atoms with E-state index in [0.717, 1.165) is 49.2 Å². The van der Waals surface area contributed by atoms with Crippen molar-refractivity contribution in [2.45, 2.75) is 47.0 Å². The second-order valence-electron chi connectivity index (χ2n) is 9.21. The zero-order valence-corrected chi connectivity index (χ0v) is 19.5. The Labute approximate surface area is 190 Å². The van der Waals surface area contributed by atoms with E-state index < -0.39 is 0 Å². The Bertz CT molecular complexity index is 1050. The summed E-state index contributed by atoms with van der Waals surface area (Å²) in [5, 5.41) is 0. The van der Waals surface area contributed by atoms with Crippen LogP contribution < -0.4 is 9.64 Å². The number of aryl methyl sites for hydroxylation is 2. The topological polar surface area (TPSA) is 49.9 Å².